The van der Waals surface area contributed by atoms with E-state index >= 15 is 0 Å². The van der Waals surface area contributed by atoms with Crippen molar-refractivity contribution in [3.05, 3.63) is 10.6 Å². The molecule has 1 aliphatic heterocycles. The smallest absolute Gasteiger partial charge is 0.347 e. The molecule has 19 heavy (non-hydrogen) atoms. The number of aromatic nitrogens is 1. The van der Waals surface area contributed by atoms with Crippen LogP contribution in [0.3, 0.4) is 0 Å². The Hall–Kier alpha value is -1.14. The molecule has 5 nitrogen and oxygen atoms in total. The summed E-state index contributed by atoms with van der Waals surface area (Å²) in [5.74, 6) is -0.862. The highest BCUT2D eigenvalue weighted by atomic mass is 32.1. The minimum atomic E-state index is -0.862. The number of piperidine rings is 1. The third-order valence-electron chi connectivity index (χ3n) is 3.41. The van der Waals surface area contributed by atoms with E-state index in [0.717, 1.165) is 49.6 Å². The number of aryl methyl sites for hydroxylation is 1. The molecule has 1 N–H and O–H groups in total. The lowest BCUT2D eigenvalue weighted by Crippen LogP contribution is -2.36. The minimum absolute atomic E-state index is 0.324. The zero-order valence-corrected chi connectivity index (χ0v) is 12.2. The van der Waals surface area contributed by atoms with E-state index in [2.05, 4.69) is 9.88 Å². The van der Waals surface area contributed by atoms with Gasteiger partial charge in [0.15, 0.2) is 5.13 Å². The molecule has 2 rings (SSSR count). The number of thiazole rings is 1. The highest BCUT2D eigenvalue weighted by molar-refractivity contribution is 7.17. The fourth-order valence-electron chi connectivity index (χ4n) is 2.33. The van der Waals surface area contributed by atoms with Gasteiger partial charge < -0.3 is 14.7 Å². The van der Waals surface area contributed by atoms with Crippen molar-refractivity contribution in [3.63, 3.8) is 0 Å². The molecule has 0 saturated carbocycles. The quantitative estimate of drug-likeness (QED) is 0.899. The standard InChI is InChI=1S/C13H20N2O3S/c1-3-4-10-11(12(16)17)19-13(14-10)15-7-5-9(18-2)6-8-15/h9H,3-8H2,1-2H3,(H,16,17). The molecule has 1 saturated heterocycles. The van der Waals surface area contributed by atoms with Crippen LogP contribution in [0.15, 0.2) is 0 Å². The number of ether oxygens (including phenoxy) is 1. The first-order valence-electron chi connectivity index (χ1n) is 6.66. The Morgan fingerprint density at radius 1 is 1.53 bits per heavy atom. The van der Waals surface area contributed by atoms with Crippen LogP contribution < -0.4 is 4.90 Å². The van der Waals surface area contributed by atoms with Gasteiger partial charge in [0.25, 0.3) is 0 Å². The van der Waals surface area contributed by atoms with Crippen molar-refractivity contribution in [3.8, 4) is 0 Å². The lowest BCUT2D eigenvalue weighted by Gasteiger charge is -2.30. The number of carboxylic acid groups (broad SMARTS) is 1. The highest BCUT2D eigenvalue weighted by Crippen LogP contribution is 2.29. The monoisotopic (exact) mass is 284 g/mol. The van der Waals surface area contributed by atoms with E-state index in [1.165, 1.54) is 11.3 Å². The molecular weight excluding hydrogens is 264 g/mol. The molecule has 0 unspecified atom stereocenters. The largest absolute Gasteiger partial charge is 0.477 e. The van der Waals surface area contributed by atoms with Gasteiger partial charge in [0.05, 0.1) is 11.8 Å². The topological polar surface area (TPSA) is 62.7 Å². The van der Waals surface area contributed by atoms with E-state index in [1.807, 2.05) is 6.92 Å². The first-order valence-corrected chi connectivity index (χ1v) is 7.48. The Kier molecular flexibility index (Phi) is 4.76. The molecule has 0 bridgehead atoms. The molecule has 0 aliphatic carbocycles. The van der Waals surface area contributed by atoms with Gasteiger partial charge in [0.1, 0.15) is 4.88 Å². The maximum atomic E-state index is 11.2. The summed E-state index contributed by atoms with van der Waals surface area (Å²) in [5, 5.41) is 10.1. The molecule has 1 aliphatic rings. The summed E-state index contributed by atoms with van der Waals surface area (Å²) in [7, 11) is 1.74. The summed E-state index contributed by atoms with van der Waals surface area (Å²) in [6, 6.07) is 0. The van der Waals surface area contributed by atoms with E-state index in [4.69, 9.17) is 4.74 Å². The van der Waals surface area contributed by atoms with Gasteiger partial charge in [0.2, 0.25) is 0 Å². The third kappa shape index (κ3) is 3.25. The van der Waals surface area contributed by atoms with Gasteiger partial charge in [-0.25, -0.2) is 9.78 Å². The van der Waals surface area contributed by atoms with Crippen LogP contribution in [0.25, 0.3) is 0 Å². The van der Waals surface area contributed by atoms with Crippen LogP contribution in [0.2, 0.25) is 0 Å². The second kappa shape index (κ2) is 6.34. The molecule has 0 aromatic carbocycles. The molecule has 0 spiro atoms. The van der Waals surface area contributed by atoms with Gasteiger partial charge in [0, 0.05) is 20.2 Å². The van der Waals surface area contributed by atoms with Crippen molar-refractivity contribution in [1.29, 1.82) is 0 Å². The molecular formula is C13H20N2O3S. The zero-order chi connectivity index (χ0) is 13.8. The first-order chi connectivity index (χ1) is 9.15. The van der Waals surface area contributed by atoms with Crippen molar-refractivity contribution in [2.75, 3.05) is 25.1 Å². The fraction of sp³-hybridized carbons (Fsp3) is 0.692. The van der Waals surface area contributed by atoms with Gasteiger partial charge in [-0.1, -0.05) is 24.7 Å². The average molecular weight is 284 g/mol. The third-order valence-corrected chi connectivity index (χ3v) is 4.56. The molecule has 0 atom stereocenters. The summed E-state index contributed by atoms with van der Waals surface area (Å²) in [5.41, 5.74) is 0.726. The SMILES string of the molecule is CCCc1nc(N2CCC(OC)CC2)sc1C(=O)O. The van der Waals surface area contributed by atoms with Crippen LogP contribution in [0.1, 0.15) is 41.6 Å². The Morgan fingerprint density at radius 2 is 2.21 bits per heavy atom. The van der Waals surface area contributed by atoms with E-state index in [-0.39, 0.29) is 0 Å². The predicted molar refractivity (Wildman–Crippen MR) is 75.3 cm³/mol. The van der Waals surface area contributed by atoms with Crippen LogP contribution in [0.4, 0.5) is 5.13 Å². The van der Waals surface area contributed by atoms with Gasteiger partial charge in [-0.3, -0.25) is 0 Å². The Bertz CT molecular complexity index is 439. The van der Waals surface area contributed by atoms with E-state index < -0.39 is 5.97 Å². The summed E-state index contributed by atoms with van der Waals surface area (Å²) in [6.07, 6.45) is 3.91. The summed E-state index contributed by atoms with van der Waals surface area (Å²) in [6.45, 7) is 3.81. The Labute approximate surface area is 117 Å². The molecule has 1 fully saturated rings. The number of hydrogen-bond donors (Lipinski definition) is 1. The molecule has 6 heteroatoms. The van der Waals surface area contributed by atoms with Crippen molar-refractivity contribution in [2.45, 2.75) is 38.7 Å². The van der Waals surface area contributed by atoms with Crippen molar-refractivity contribution in [2.24, 2.45) is 0 Å². The van der Waals surface area contributed by atoms with Gasteiger partial charge in [-0.2, -0.15) is 0 Å². The maximum absolute atomic E-state index is 11.2. The predicted octanol–water partition coefficient (Wildman–Crippen LogP) is 2.41. The number of aromatic carboxylic acids is 1. The molecule has 1 aromatic heterocycles. The first kappa shape index (κ1) is 14.3. The lowest BCUT2D eigenvalue weighted by molar-refractivity contribution is 0.0700. The highest BCUT2D eigenvalue weighted by Gasteiger charge is 2.24. The Morgan fingerprint density at radius 3 is 2.74 bits per heavy atom. The number of carboxylic acids is 1. The lowest BCUT2D eigenvalue weighted by atomic mass is 10.1. The number of anilines is 1. The summed E-state index contributed by atoms with van der Waals surface area (Å²) >= 11 is 1.30. The summed E-state index contributed by atoms with van der Waals surface area (Å²) < 4.78 is 5.34. The second-order valence-electron chi connectivity index (χ2n) is 4.75. The number of rotatable bonds is 5. The fourth-order valence-corrected chi connectivity index (χ4v) is 3.33. The maximum Gasteiger partial charge on any atom is 0.347 e. The molecule has 0 radical (unpaired) electrons. The van der Waals surface area contributed by atoms with Crippen molar-refractivity contribution >= 4 is 22.4 Å². The number of carbonyl (C=O) groups is 1. The average Bonchev–Trinajstić information content (AvgIpc) is 2.83. The Balaban J connectivity index is 2.12. The van der Waals surface area contributed by atoms with Crippen LogP contribution in [0.5, 0.6) is 0 Å². The van der Waals surface area contributed by atoms with Gasteiger partial charge in [-0.05, 0) is 19.3 Å². The van der Waals surface area contributed by atoms with Crippen LogP contribution in [-0.4, -0.2) is 42.4 Å². The number of hydrogen-bond acceptors (Lipinski definition) is 5. The van der Waals surface area contributed by atoms with Gasteiger partial charge >= 0.3 is 5.97 Å². The van der Waals surface area contributed by atoms with E-state index in [9.17, 15) is 9.90 Å². The molecule has 0 amide bonds. The van der Waals surface area contributed by atoms with E-state index in [1.54, 1.807) is 7.11 Å². The van der Waals surface area contributed by atoms with Crippen LogP contribution >= 0.6 is 11.3 Å². The van der Waals surface area contributed by atoms with E-state index in [0.29, 0.717) is 11.0 Å². The molecule has 106 valence electrons. The van der Waals surface area contributed by atoms with Crippen LogP contribution in [-0.2, 0) is 11.2 Å². The number of nitrogens with zero attached hydrogens (tertiary/aromatic N) is 2. The zero-order valence-electron chi connectivity index (χ0n) is 11.4. The van der Waals surface area contributed by atoms with Crippen molar-refractivity contribution in [1.82, 2.24) is 4.98 Å². The van der Waals surface area contributed by atoms with Crippen LogP contribution in [0, 0.1) is 0 Å². The summed E-state index contributed by atoms with van der Waals surface area (Å²) in [4.78, 5) is 18.3. The van der Waals surface area contributed by atoms with Gasteiger partial charge in [-0.15, -0.1) is 0 Å². The molecule has 2 heterocycles. The van der Waals surface area contributed by atoms with Crippen molar-refractivity contribution < 1.29 is 14.6 Å². The normalized spacial score (nSPS) is 16.8. The second-order valence-corrected chi connectivity index (χ2v) is 5.73. The number of methoxy groups -OCH3 is 1. The molecule has 1 aromatic rings. The minimum Gasteiger partial charge on any atom is -0.477 e.